The number of unbranched alkanes of at least 4 members (excludes halogenated alkanes) is 7. The lowest BCUT2D eigenvalue weighted by Crippen LogP contribution is -2.46. The number of ether oxygens (including phenoxy) is 1. The van der Waals surface area contributed by atoms with Crippen LogP contribution in [0.1, 0.15) is 68.6 Å². The van der Waals surface area contributed by atoms with E-state index in [1.165, 1.54) is 44.6 Å². The summed E-state index contributed by atoms with van der Waals surface area (Å²) in [6.07, 6.45) is 9.94. The van der Waals surface area contributed by atoms with Gasteiger partial charge in [-0.2, -0.15) is 0 Å². The molecule has 0 amide bonds. The van der Waals surface area contributed by atoms with Crippen molar-refractivity contribution < 1.29 is 13.9 Å². The van der Waals surface area contributed by atoms with Crippen molar-refractivity contribution in [2.45, 2.75) is 58.3 Å². The standard InChI is InChI=1S/C23H37FN2O2/c1-3-4-5-6-7-8-9-10-17-28-20-11-12-21(22(24)18-20)23(27)19-26-15-13-25(2)14-16-26/h11-12,18H,3-10,13-17,19H2,1-2H3. The molecule has 0 atom stereocenters. The van der Waals surface area contributed by atoms with E-state index in [9.17, 15) is 9.18 Å². The number of ketones is 1. The molecule has 4 nitrogen and oxygen atoms in total. The number of benzene rings is 1. The number of likely N-dealkylation sites (N-methyl/N-ethyl adjacent to an activating group) is 1. The van der Waals surface area contributed by atoms with Gasteiger partial charge in [-0.15, -0.1) is 0 Å². The van der Waals surface area contributed by atoms with Crippen molar-refractivity contribution in [2.24, 2.45) is 0 Å². The molecule has 5 heteroatoms. The maximum absolute atomic E-state index is 14.4. The van der Waals surface area contributed by atoms with Crippen LogP contribution in [0.5, 0.6) is 5.75 Å². The van der Waals surface area contributed by atoms with Gasteiger partial charge in [-0.25, -0.2) is 4.39 Å². The number of nitrogens with zero attached hydrogens (tertiary/aromatic N) is 2. The van der Waals surface area contributed by atoms with Gasteiger partial charge in [0.25, 0.3) is 0 Å². The van der Waals surface area contributed by atoms with Gasteiger partial charge in [0, 0.05) is 32.2 Å². The van der Waals surface area contributed by atoms with Gasteiger partial charge in [0.15, 0.2) is 5.78 Å². The predicted octanol–water partition coefficient (Wildman–Crippen LogP) is 4.78. The van der Waals surface area contributed by atoms with E-state index in [4.69, 9.17) is 4.74 Å². The van der Waals surface area contributed by atoms with Crippen molar-refractivity contribution in [3.8, 4) is 5.75 Å². The summed E-state index contributed by atoms with van der Waals surface area (Å²) in [7, 11) is 2.07. The van der Waals surface area contributed by atoms with Crippen molar-refractivity contribution in [1.29, 1.82) is 0 Å². The van der Waals surface area contributed by atoms with E-state index in [0.717, 1.165) is 39.0 Å². The zero-order valence-electron chi connectivity index (χ0n) is 17.7. The van der Waals surface area contributed by atoms with Gasteiger partial charge in [0.2, 0.25) is 0 Å². The van der Waals surface area contributed by atoms with Crippen LogP contribution in [0.3, 0.4) is 0 Å². The number of Topliss-reactive ketones (excluding diaryl/α,β-unsaturated/α-hetero) is 1. The van der Waals surface area contributed by atoms with Gasteiger partial charge in [-0.05, 0) is 25.6 Å². The molecule has 0 saturated carbocycles. The Balaban J connectivity index is 1.66. The predicted molar refractivity (Wildman–Crippen MR) is 113 cm³/mol. The number of halogens is 1. The lowest BCUT2D eigenvalue weighted by Gasteiger charge is -2.31. The number of carbonyl (C=O) groups is 1. The summed E-state index contributed by atoms with van der Waals surface area (Å²) in [6, 6.07) is 4.63. The second-order valence-electron chi connectivity index (χ2n) is 7.97. The molecule has 2 rings (SSSR count). The number of carbonyl (C=O) groups excluding carboxylic acids is 1. The lowest BCUT2D eigenvalue weighted by molar-refractivity contribution is 0.0872. The molecule has 0 aromatic heterocycles. The van der Waals surface area contributed by atoms with Crippen molar-refractivity contribution >= 4 is 5.78 Å². The van der Waals surface area contributed by atoms with Crippen LogP contribution in [-0.4, -0.2) is 62.0 Å². The van der Waals surface area contributed by atoms with E-state index in [-0.39, 0.29) is 17.9 Å². The molecule has 0 radical (unpaired) electrons. The largest absolute Gasteiger partial charge is 0.493 e. The van der Waals surface area contributed by atoms with Crippen molar-refractivity contribution in [2.75, 3.05) is 46.4 Å². The van der Waals surface area contributed by atoms with E-state index in [1.54, 1.807) is 12.1 Å². The first-order valence-electron chi connectivity index (χ1n) is 11.0. The fraction of sp³-hybridized carbons (Fsp3) is 0.696. The van der Waals surface area contributed by atoms with Crippen LogP contribution >= 0.6 is 0 Å². The molecule has 1 fully saturated rings. The molecule has 1 saturated heterocycles. The molecule has 0 spiro atoms. The minimum atomic E-state index is -0.479. The second kappa shape index (κ2) is 12.9. The number of hydrogen-bond acceptors (Lipinski definition) is 4. The van der Waals surface area contributed by atoms with Crippen LogP contribution < -0.4 is 4.74 Å². The SMILES string of the molecule is CCCCCCCCCCOc1ccc(C(=O)CN2CCN(C)CC2)c(F)c1. The Labute approximate surface area is 170 Å². The first kappa shape index (κ1) is 22.8. The molecule has 1 aromatic rings. The summed E-state index contributed by atoms with van der Waals surface area (Å²) >= 11 is 0. The zero-order chi connectivity index (χ0) is 20.2. The molecule has 0 aliphatic carbocycles. The third-order valence-corrected chi connectivity index (χ3v) is 5.47. The Morgan fingerprint density at radius 2 is 1.64 bits per heavy atom. The van der Waals surface area contributed by atoms with Gasteiger partial charge >= 0.3 is 0 Å². The van der Waals surface area contributed by atoms with E-state index in [2.05, 4.69) is 23.8 Å². The second-order valence-corrected chi connectivity index (χ2v) is 7.97. The molecule has 0 bridgehead atoms. The summed E-state index contributed by atoms with van der Waals surface area (Å²) in [6.45, 7) is 6.71. The minimum Gasteiger partial charge on any atom is -0.493 e. The third-order valence-electron chi connectivity index (χ3n) is 5.47. The Hall–Kier alpha value is -1.46. The third kappa shape index (κ3) is 8.27. The Kier molecular flexibility index (Phi) is 10.5. The van der Waals surface area contributed by atoms with Gasteiger partial charge in [0.1, 0.15) is 11.6 Å². The van der Waals surface area contributed by atoms with Crippen LogP contribution in [0.2, 0.25) is 0 Å². The fourth-order valence-corrected chi connectivity index (χ4v) is 3.53. The van der Waals surface area contributed by atoms with E-state index in [1.807, 2.05) is 0 Å². The average molecular weight is 393 g/mol. The zero-order valence-corrected chi connectivity index (χ0v) is 17.7. The maximum Gasteiger partial charge on any atom is 0.179 e. The average Bonchev–Trinajstić information content (AvgIpc) is 2.68. The molecular weight excluding hydrogens is 355 g/mol. The van der Waals surface area contributed by atoms with E-state index >= 15 is 0 Å². The maximum atomic E-state index is 14.4. The van der Waals surface area contributed by atoms with Crippen LogP contribution in [0.15, 0.2) is 18.2 Å². The highest BCUT2D eigenvalue weighted by Crippen LogP contribution is 2.18. The molecule has 0 N–H and O–H groups in total. The molecular formula is C23H37FN2O2. The van der Waals surface area contributed by atoms with Crippen LogP contribution in [0.4, 0.5) is 4.39 Å². The Morgan fingerprint density at radius 3 is 2.29 bits per heavy atom. The quantitative estimate of drug-likeness (QED) is 0.357. The molecule has 1 aliphatic rings. The Morgan fingerprint density at radius 1 is 1.00 bits per heavy atom. The molecule has 0 unspecified atom stereocenters. The van der Waals surface area contributed by atoms with E-state index in [0.29, 0.717) is 12.4 Å². The fourth-order valence-electron chi connectivity index (χ4n) is 3.53. The van der Waals surface area contributed by atoms with Crippen molar-refractivity contribution in [3.63, 3.8) is 0 Å². The van der Waals surface area contributed by atoms with Crippen LogP contribution in [0, 0.1) is 5.82 Å². The van der Waals surface area contributed by atoms with Crippen LogP contribution in [-0.2, 0) is 0 Å². The number of piperazine rings is 1. The van der Waals surface area contributed by atoms with E-state index < -0.39 is 5.82 Å². The van der Waals surface area contributed by atoms with Crippen molar-refractivity contribution in [3.05, 3.63) is 29.6 Å². The summed E-state index contributed by atoms with van der Waals surface area (Å²) in [5, 5.41) is 0. The highest BCUT2D eigenvalue weighted by molar-refractivity contribution is 5.98. The topological polar surface area (TPSA) is 32.8 Å². The smallest absolute Gasteiger partial charge is 0.179 e. The first-order chi connectivity index (χ1) is 13.6. The molecule has 1 aromatic carbocycles. The van der Waals surface area contributed by atoms with Crippen LogP contribution in [0.25, 0.3) is 0 Å². The monoisotopic (exact) mass is 392 g/mol. The number of hydrogen-bond donors (Lipinski definition) is 0. The molecule has 28 heavy (non-hydrogen) atoms. The highest BCUT2D eigenvalue weighted by atomic mass is 19.1. The normalized spacial score (nSPS) is 15.7. The highest BCUT2D eigenvalue weighted by Gasteiger charge is 2.19. The molecule has 1 aliphatic heterocycles. The summed E-state index contributed by atoms with van der Waals surface area (Å²) < 4.78 is 20.0. The van der Waals surface area contributed by atoms with Gasteiger partial charge in [-0.3, -0.25) is 9.69 Å². The molecule has 158 valence electrons. The van der Waals surface area contributed by atoms with Gasteiger partial charge in [-0.1, -0.05) is 51.9 Å². The molecule has 1 heterocycles. The number of rotatable bonds is 13. The summed E-state index contributed by atoms with van der Waals surface area (Å²) in [4.78, 5) is 16.7. The lowest BCUT2D eigenvalue weighted by atomic mass is 10.1. The van der Waals surface area contributed by atoms with Gasteiger partial charge < -0.3 is 9.64 Å². The minimum absolute atomic E-state index is 0.156. The summed E-state index contributed by atoms with van der Waals surface area (Å²) in [5.74, 6) is -0.124. The van der Waals surface area contributed by atoms with Crippen molar-refractivity contribution in [1.82, 2.24) is 9.80 Å². The first-order valence-corrected chi connectivity index (χ1v) is 11.0. The summed E-state index contributed by atoms with van der Waals surface area (Å²) in [5.41, 5.74) is 0.165. The Bertz CT molecular complexity index is 586. The van der Waals surface area contributed by atoms with Gasteiger partial charge in [0.05, 0.1) is 18.7 Å².